The van der Waals surface area contributed by atoms with Gasteiger partial charge in [0.1, 0.15) is 11.5 Å². The number of ether oxygens (including phenoxy) is 1. The molecule has 2 aromatic heterocycles. The molecule has 5 nitrogen and oxygen atoms in total. The van der Waals surface area contributed by atoms with E-state index < -0.39 is 0 Å². The van der Waals surface area contributed by atoms with E-state index in [1.165, 1.54) is 12.5 Å². The van der Waals surface area contributed by atoms with Crippen LogP contribution in [0.25, 0.3) is 12.2 Å². The Balaban J connectivity index is 1.91. The van der Waals surface area contributed by atoms with Crippen molar-refractivity contribution < 1.29 is 13.6 Å². The lowest BCUT2D eigenvalue weighted by Crippen LogP contribution is -2.00. The molecule has 21 heavy (non-hydrogen) atoms. The topological polar surface area (TPSA) is 83.1 Å². The quantitative estimate of drug-likeness (QED) is 0.757. The molecule has 0 spiro atoms. The van der Waals surface area contributed by atoms with Gasteiger partial charge in [0.25, 0.3) is 0 Å². The molecule has 0 saturated carbocycles. The lowest BCUT2D eigenvalue weighted by molar-refractivity contribution is 0.186. The molecule has 0 atom stereocenters. The molecule has 5 heteroatoms. The predicted octanol–water partition coefficient (Wildman–Crippen LogP) is 3.40. The molecule has 0 unspecified atom stereocenters. The molecular weight excluding hydrogens is 268 g/mol. The number of hydrogen-bond donors (Lipinski definition) is 0. The number of hydrogen-bond acceptors (Lipinski definition) is 5. The van der Waals surface area contributed by atoms with Gasteiger partial charge in [0.05, 0.1) is 49.0 Å². The van der Waals surface area contributed by atoms with Gasteiger partial charge >= 0.3 is 0 Å². The fourth-order valence-corrected chi connectivity index (χ4v) is 1.57. The van der Waals surface area contributed by atoms with Gasteiger partial charge in [0.15, 0.2) is 0 Å². The zero-order chi connectivity index (χ0) is 14.9. The summed E-state index contributed by atoms with van der Waals surface area (Å²) in [5, 5.41) is 18.0. The minimum absolute atomic E-state index is 0.106. The summed E-state index contributed by atoms with van der Waals surface area (Å²) in [5.74, 6) is 1.17. The first kappa shape index (κ1) is 14.4. The number of nitrogens with zero attached hydrogens (tertiary/aromatic N) is 2. The van der Waals surface area contributed by atoms with Crippen LogP contribution in [0.15, 0.2) is 56.8 Å². The monoisotopic (exact) mass is 280 g/mol. The molecule has 104 valence electrons. The van der Waals surface area contributed by atoms with E-state index >= 15 is 0 Å². The molecule has 0 amide bonds. The molecule has 0 aliphatic heterocycles. The molecule has 2 rings (SSSR count). The van der Waals surface area contributed by atoms with Crippen LogP contribution in [0, 0.1) is 22.7 Å². The summed E-state index contributed by atoms with van der Waals surface area (Å²) in [4.78, 5) is 0. The zero-order valence-electron chi connectivity index (χ0n) is 11.2. The Morgan fingerprint density at radius 3 is 1.76 bits per heavy atom. The molecule has 2 aromatic rings. The van der Waals surface area contributed by atoms with Gasteiger partial charge in [0.2, 0.25) is 0 Å². The third kappa shape index (κ3) is 4.54. The van der Waals surface area contributed by atoms with E-state index in [4.69, 9.17) is 24.1 Å². The van der Waals surface area contributed by atoms with E-state index in [9.17, 15) is 0 Å². The maximum absolute atomic E-state index is 9.02. The molecule has 0 fully saturated rings. The Morgan fingerprint density at radius 2 is 1.43 bits per heavy atom. The highest BCUT2D eigenvalue weighted by molar-refractivity contribution is 5.54. The highest BCUT2D eigenvalue weighted by Gasteiger charge is 2.02. The highest BCUT2D eigenvalue weighted by atomic mass is 16.5. The minimum Gasteiger partial charge on any atom is -0.465 e. The maximum Gasteiger partial charge on any atom is 0.127 e. The maximum atomic E-state index is 9.02. The van der Waals surface area contributed by atoms with Crippen molar-refractivity contribution in [2.45, 2.75) is 0 Å². The Morgan fingerprint density at radius 1 is 0.952 bits per heavy atom. The number of furan rings is 2. The van der Waals surface area contributed by atoms with Gasteiger partial charge in [0, 0.05) is 0 Å². The molecule has 0 N–H and O–H groups in total. The second kappa shape index (κ2) is 7.54. The van der Waals surface area contributed by atoms with E-state index in [0.717, 1.165) is 0 Å². The summed E-state index contributed by atoms with van der Waals surface area (Å²) in [6, 6.07) is 11.0. The van der Waals surface area contributed by atoms with Crippen LogP contribution in [0.5, 0.6) is 0 Å². The molecule has 0 bridgehead atoms. The van der Waals surface area contributed by atoms with Gasteiger partial charge in [-0.1, -0.05) is 0 Å². The van der Waals surface area contributed by atoms with E-state index in [1.807, 2.05) is 12.1 Å². The van der Waals surface area contributed by atoms with Crippen molar-refractivity contribution in [3.63, 3.8) is 0 Å². The van der Waals surface area contributed by atoms with Crippen LogP contribution in [-0.2, 0) is 4.74 Å². The molecule has 0 saturated heterocycles. The van der Waals surface area contributed by atoms with Crippen molar-refractivity contribution in [3.05, 3.63) is 59.5 Å². The van der Waals surface area contributed by atoms with Crippen molar-refractivity contribution >= 4 is 12.2 Å². The van der Waals surface area contributed by atoms with Gasteiger partial charge in [-0.2, -0.15) is 10.5 Å². The summed E-state index contributed by atoms with van der Waals surface area (Å²) in [5.41, 5.74) is 0.834. The second-order valence-corrected chi connectivity index (χ2v) is 4.09. The largest absolute Gasteiger partial charge is 0.465 e. The normalized spacial score (nSPS) is 11.9. The Hall–Kier alpha value is -3.02. The van der Waals surface area contributed by atoms with Crippen LogP contribution in [0.3, 0.4) is 0 Å². The van der Waals surface area contributed by atoms with Gasteiger partial charge in [-0.15, -0.1) is 0 Å². The summed E-state index contributed by atoms with van der Waals surface area (Å²) in [6.45, 7) is 0.211. The Bertz CT molecular complexity index is 634. The van der Waals surface area contributed by atoms with E-state index in [-0.39, 0.29) is 13.2 Å². The van der Waals surface area contributed by atoms with Crippen LogP contribution >= 0.6 is 0 Å². The van der Waals surface area contributed by atoms with Crippen molar-refractivity contribution in [1.29, 1.82) is 10.5 Å². The fraction of sp³-hybridized carbons (Fsp3) is 0.125. The van der Waals surface area contributed by atoms with Gasteiger partial charge in [-0.25, -0.2) is 0 Å². The van der Waals surface area contributed by atoms with Gasteiger partial charge in [-0.05, 0) is 36.4 Å². The third-order valence-corrected chi connectivity index (χ3v) is 2.52. The van der Waals surface area contributed by atoms with Crippen molar-refractivity contribution in [2.75, 3.05) is 13.2 Å². The summed E-state index contributed by atoms with van der Waals surface area (Å²) in [6.07, 6.45) is 6.26. The second-order valence-electron chi connectivity index (χ2n) is 4.09. The Labute approximate surface area is 122 Å². The summed E-state index contributed by atoms with van der Waals surface area (Å²) in [7, 11) is 0. The smallest absolute Gasteiger partial charge is 0.127 e. The van der Waals surface area contributed by atoms with Gasteiger partial charge < -0.3 is 13.6 Å². The van der Waals surface area contributed by atoms with E-state index in [1.54, 1.807) is 36.4 Å². The third-order valence-electron chi connectivity index (χ3n) is 2.52. The lowest BCUT2D eigenvalue weighted by atomic mass is 10.2. The average Bonchev–Trinajstić information content (AvgIpc) is 3.18. The predicted molar refractivity (Wildman–Crippen MR) is 75.4 cm³/mol. The van der Waals surface area contributed by atoms with Crippen LogP contribution in [0.2, 0.25) is 0 Å². The van der Waals surface area contributed by atoms with Crippen LogP contribution in [0.4, 0.5) is 0 Å². The SMILES string of the molecule is N#C/C(=C/c1ccco1)COC/C(C#N)=C/c1ccco1. The first-order valence-electron chi connectivity index (χ1n) is 6.18. The van der Waals surface area contributed by atoms with E-state index in [2.05, 4.69) is 0 Å². The molecule has 2 heterocycles. The van der Waals surface area contributed by atoms with Gasteiger partial charge in [-0.3, -0.25) is 0 Å². The van der Waals surface area contributed by atoms with Crippen LogP contribution in [-0.4, -0.2) is 13.2 Å². The molecule has 0 aromatic carbocycles. The zero-order valence-corrected chi connectivity index (χ0v) is 11.2. The molecule has 0 aliphatic rings. The van der Waals surface area contributed by atoms with Crippen molar-refractivity contribution in [3.8, 4) is 12.1 Å². The summed E-state index contributed by atoms with van der Waals surface area (Å²) >= 11 is 0. The van der Waals surface area contributed by atoms with Crippen LogP contribution in [0.1, 0.15) is 11.5 Å². The standard InChI is InChI=1S/C16H12N2O3/c17-9-13(7-15-3-1-5-20-15)11-19-12-14(10-18)8-16-4-2-6-21-16/h1-8H,11-12H2/b13-7-,14-8+. The number of nitriles is 2. The first-order valence-corrected chi connectivity index (χ1v) is 6.18. The van der Waals surface area contributed by atoms with Crippen LogP contribution < -0.4 is 0 Å². The minimum atomic E-state index is 0.106. The fourth-order valence-electron chi connectivity index (χ4n) is 1.57. The molecule has 0 radical (unpaired) electrons. The Kier molecular flexibility index (Phi) is 5.17. The molecular formula is C16H12N2O3. The van der Waals surface area contributed by atoms with Crippen molar-refractivity contribution in [1.82, 2.24) is 0 Å². The van der Waals surface area contributed by atoms with E-state index in [0.29, 0.717) is 22.7 Å². The average molecular weight is 280 g/mol. The van der Waals surface area contributed by atoms with Crippen molar-refractivity contribution in [2.24, 2.45) is 0 Å². The molecule has 0 aliphatic carbocycles. The lowest BCUT2D eigenvalue weighted by Gasteiger charge is -2.01. The first-order chi connectivity index (χ1) is 10.3. The highest BCUT2D eigenvalue weighted by Crippen LogP contribution is 2.10. The number of rotatable bonds is 6. The summed E-state index contributed by atoms with van der Waals surface area (Å²) < 4.78 is 15.6.